The van der Waals surface area contributed by atoms with Crippen molar-refractivity contribution >= 4 is 5.78 Å². The Balaban J connectivity index is 2.53. The van der Waals surface area contributed by atoms with Crippen LogP contribution in [0.2, 0.25) is 0 Å². The van der Waals surface area contributed by atoms with E-state index in [0.29, 0.717) is 5.56 Å². The van der Waals surface area contributed by atoms with Gasteiger partial charge in [-0.1, -0.05) is 12.1 Å². The average molecular weight is 256 g/mol. The normalized spacial score (nSPS) is 10.6. The van der Waals surface area contributed by atoms with Crippen molar-refractivity contribution in [2.75, 3.05) is 0 Å². The zero-order chi connectivity index (χ0) is 14.2. The summed E-state index contributed by atoms with van der Waals surface area (Å²) in [5.74, 6) is -0.708. The second-order valence-electron chi connectivity index (χ2n) is 5.06. The summed E-state index contributed by atoms with van der Waals surface area (Å²) in [6.45, 7) is 7.64. The Kier molecular flexibility index (Phi) is 3.52. The van der Waals surface area contributed by atoms with Gasteiger partial charge in [0.2, 0.25) is 0 Å². The second-order valence-corrected chi connectivity index (χ2v) is 5.06. The minimum atomic E-state index is -0.456. The Morgan fingerprint density at radius 1 is 0.842 bits per heavy atom. The van der Waals surface area contributed by atoms with E-state index in [1.54, 1.807) is 19.1 Å². The van der Waals surface area contributed by atoms with E-state index in [2.05, 4.69) is 0 Å². The SMILES string of the molecule is Cc1ccc(C(=O)c2cc(C)c(C)cc2C)c(F)c1. The molecule has 0 aliphatic heterocycles. The van der Waals surface area contributed by atoms with Crippen LogP contribution in [-0.2, 0) is 0 Å². The van der Waals surface area contributed by atoms with E-state index < -0.39 is 5.82 Å². The van der Waals surface area contributed by atoms with E-state index >= 15 is 0 Å². The molecule has 0 aliphatic rings. The van der Waals surface area contributed by atoms with E-state index in [1.165, 1.54) is 6.07 Å². The van der Waals surface area contributed by atoms with Crippen molar-refractivity contribution in [1.82, 2.24) is 0 Å². The summed E-state index contributed by atoms with van der Waals surface area (Å²) in [7, 11) is 0. The van der Waals surface area contributed by atoms with Gasteiger partial charge in [-0.15, -0.1) is 0 Å². The molecule has 0 amide bonds. The lowest BCUT2D eigenvalue weighted by Gasteiger charge is -2.10. The number of ketones is 1. The van der Waals surface area contributed by atoms with E-state index in [4.69, 9.17) is 0 Å². The third-order valence-electron chi connectivity index (χ3n) is 3.45. The molecular formula is C17H17FO. The highest BCUT2D eigenvalue weighted by molar-refractivity contribution is 6.10. The number of halogens is 1. The molecule has 2 rings (SSSR count). The van der Waals surface area contributed by atoms with E-state index in [9.17, 15) is 9.18 Å². The Labute approximate surface area is 113 Å². The molecule has 1 nitrogen and oxygen atoms in total. The third kappa shape index (κ3) is 2.58. The second kappa shape index (κ2) is 4.96. The maximum absolute atomic E-state index is 13.9. The van der Waals surface area contributed by atoms with Crippen molar-refractivity contribution in [3.63, 3.8) is 0 Å². The van der Waals surface area contributed by atoms with Crippen LogP contribution >= 0.6 is 0 Å². The molecule has 19 heavy (non-hydrogen) atoms. The first-order valence-corrected chi connectivity index (χ1v) is 6.29. The molecule has 0 atom stereocenters. The molecule has 0 aromatic heterocycles. The van der Waals surface area contributed by atoms with Gasteiger partial charge in [-0.05, 0) is 68.1 Å². The van der Waals surface area contributed by atoms with Crippen LogP contribution in [0, 0.1) is 33.5 Å². The zero-order valence-corrected chi connectivity index (χ0v) is 11.7. The van der Waals surface area contributed by atoms with Gasteiger partial charge in [0, 0.05) is 5.56 Å². The van der Waals surface area contributed by atoms with E-state index in [-0.39, 0.29) is 11.3 Å². The minimum Gasteiger partial charge on any atom is -0.288 e. The fourth-order valence-electron chi connectivity index (χ4n) is 2.15. The van der Waals surface area contributed by atoms with Crippen LogP contribution < -0.4 is 0 Å². The van der Waals surface area contributed by atoms with Crippen LogP contribution in [0.4, 0.5) is 4.39 Å². The first-order valence-electron chi connectivity index (χ1n) is 6.29. The molecule has 0 unspecified atom stereocenters. The lowest BCUT2D eigenvalue weighted by molar-refractivity contribution is 0.103. The van der Waals surface area contributed by atoms with Crippen molar-refractivity contribution in [2.24, 2.45) is 0 Å². The lowest BCUT2D eigenvalue weighted by atomic mass is 9.94. The molecule has 0 saturated carbocycles. The number of rotatable bonds is 2. The number of benzene rings is 2. The quantitative estimate of drug-likeness (QED) is 0.732. The standard InChI is InChI=1S/C17H17FO/c1-10-5-6-14(16(18)7-10)17(19)15-9-12(3)11(2)8-13(15)4/h5-9H,1-4H3. The smallest absolute Gasteiger partial charge is 0.196 e. The average Bonchev–Trinajstić information content (AvgIpc) is 2.33. The van der Waals surface area contributed by atoms with E-state index in [0.717, 1.165) is 22.3 Å². The predicted molar refractivity (Wildman–Crippen MR) is 75.2 cm³/mol. The molecule has 0 bridgehead atoms. The number of carbonyl (C=O) groups is 1. The number of aryl methyl sites for hydroxylation is 4. The molecular weight excluding hydrogens is 239 g/mol. The summed E-state index contributed by atoms with van der Waals surface area (Å²) in [4.78, 5) is 12.4. The molecule has 2 aromatic rings. The fourth-order valence-corrected chi connectivity index (χ4v) is 2.15. The molecule has 2 aromatic carbocycles. The number of hydrogen-bond acceptors (Lipinski definition) is 1. The number of carbonyl (C=O) groups excluding carboxylic acids is 1. The highest BCUT2D eigenvalue weighted by atomic mass is 19.1. The Morgan fingerprint density at radius 3 is 2.11 bits per heavy atom. The molecule has 0 radical (unpaired) electrons. The summed E-state index contributed by atoms with van der Waals surface area (Å²) in [5.41, 5.74) is 4.58. The predicted octanol–water partition coefficient (Wildman–Crippen LogP) is 4.29. The summed E-state index contributed by atoms with van der Waals surface area (Å²) >= 11 is 0. The van der Waals surface area contributed by atoms with Gasteiger partial charge in [0.25, 0.3) is 0 Å². The van der Waals surface area contributed by atoms with Crippen LogP contribution in [0.15, 0.2) is 30.3 Å². The van der Waals surface area contributed by atoms with Crippen LogP contribution in [0.3, 0.4) is 0 Å². The van der Waals surface area contributed by atoms with Crippen molar-refractivity contribution in [1.29, 1.82) is 0 Å². The monoisotopic (exact) mass is 256 g/mol. The summed E-state index contributed by atoms with van der Waals surface area (Å²) in [6.07, 6.45) is 0. The Hall–Kier alpha value is -1.96. The van der Waals surface area contributed by atoms with E-state index in [1.807, 2.05) is 32.9 Å². The topological polar surface area (TPSA) is 17.1 Å². The largest absolute Gasteiger partial charge is 0.288 e. The summed E-state index contributed by atoms with van der Waals surface area (Å²) in [6, 6.07) is 8.51. The lowest BCUT2D eigenvalue weighted by Crippen LogP contribution is -2.07. The van der Waals surface area contributed by atoms with Crippen LogP contribution in [0.5, 0.6) is 0 Å². The van der Waals surface area contributed by atoms with Gasteiger partial charge < -0.3 is 0 Å². The Bertz CT molecular complexity index is 657. The van der Waals surface area contributed by atoms with Gasteiger partial charge in [-0.2, -0.15) is 0 Å². The molecule has 0 spiro atoms. The molecule has 0 fully saturated rings. The summed E-state index contributed by atoms with van der Waals surface area (Å²) in [5, 5.41) is 0. The van der Waals surface area contributed by atoms with Gasteiger partial charge in [0.1, 0.15) is 5.82 Å². The van der Waals surface area contributed by atoms with Crippen molar-refractivity contribution in [3.8, 4) is 0 Å². The van der Waals surface area contributed by atoms with Crippen molar-refractivity contribution < 1.29 is 9.18 Å². The first kappa shape index (κ1) is 13.5. The fraction of sp³-hybridized carbons (Fsp3) is 0.235. The van der Waals surface area contributed by atoms with Gasteiger partial charge in [-0.3, -0.25) is 4.79 Å². The zero-order valence-electron chi connectivity index (χ0n) is 11.7. The van der Waals surface area contributed by atoms with Crippen molar-refractivity contribution in [2.45, 2.75) is 27.7 Å². The van der Waals surface area contributed by atoms with Crippen LogP contribution in [0.25, 0.3) is 0 Å². The first-order chi connectivity index (χ1) is 8.90. The van der Waals surface area contributed by atoms with Crippen molar-refractivity contribution in [3.05, 3.63) is 69.5 Å². The third-order valence-corrected chi connectivity index (χ3v) is 3.45. The van der Waals surface area contributed by atoms with Gasteiger partial charge in [0.05, 0.1) is 5.56 Å². The molecule has 2 heteroatoms. The van der Waals surface area contributed by atoms with Gasteiger partial charge in [-0.25, -0.2) is 4.39 Å². The maximum atomic E-state index is 13.9. The minimum absolute atomic E-state index is 0.136. The van der Waals surface area contributed by atoms with Gasteiger partial charge in [0.15, 0.2) is 5.78 Å². The molecule has 0 N–H and O–H groups in total. The molecule has 0 heterocycles. The van der Waals surface area contributed by atoms with Crippen LogP contribution in [0.1, 0.15) is 38.2 Å². The van der Waals surface area contributed by atoms with Crippen LogP contribution in [-0.4, -0.2) is 5.78 Å². The summed E-state index contributed by atoms with van der Waals surface area (Å²) < 4.78 is 13.9. The Morgan fingerprint density at radius 2 is 1.47 bits per heavy atom. The highest BCUT2D eigenvalue weighted by Crippen LogP contribution is 2.20. The maximum Gasteiger partial charge on any atom is 0.196 e. The van der Waals surface area contributed by atoms with Gasteiger partial charge >= 0.3 is 0 Å². The highest BCUT2D eigenvalue weighted by Gasteiger charge is 2.16. The molecule has 0 aliphatic carbocycles. The molecule has 0 saturated heterocycles. The number of hydrogen-bond donors (Lipinski definition) is 0. The molecule has 98 valence electrons.